The summed E-state index contributed by atoms with van der Waals surface area (Å²) in [7, 11) is -3.80. The number of hydrogen-bond acceptors (Lipinski definition) is 3. The van der Waals surface area contributed by atoms with E-state index in [0.29, 0.717) is 11.4 Å². The van der Waals surface area contributed by atoms with Crippen molar-refractivity contribution in [2.45, 2.75) is 4.90 Å². The lowest BCUT2D eigenvalue weighted by Crippen LogP contribution is -2.13. The van der Waals surface area contributed by atoms with Gasteiger partial charge in [0.05, 0.1) is 22.2 Å². The maximum absolute atomic E-state index is 12.9. The molecule has 0 amide bonds. The Bertz CT molecular complexity index is 792. The number of nitrogens with one attached hydrogen (secondary N) is 1. The van der Waals surface area contributed by atoms with E-state index in [1.807, 2.05) is 0 Å². The zero-order chi connectivity index (χ0) is 16.2. The summed E-state index contributed by atoms with van der Waals surface area (Å²) >= 11 is 5.54. The van der Waals surface area contributed by atoms with Crippen LogP contribution < -0.4 is 10.5 Å². The Morgan fingerprint density at radius 2 is 1.91 bits per heavy atom. The summed E-state index contributed by atoms with van der Waals surface area (Å²) < 4.78 is 39.6. The second-order valence-electron chi connectivity index (χ2n) is 4.35. The highest BCUT2D eigenvalue weighted by Crippen LogP contribution is 2.21. The zero-order valence-electron chi connectivity index (χ0n) is 11.3. The predicted octanol–water partition coefficient (Wildman–Crippen LogP) is 2.85. The zero-order valence-corrected chi connectivity index (χ0v) is 12.9. The van der Waals surface area contributed by atoms with Crippen molar-refractivity contribution < 1.29 is 12.8 Å². The fraction of sp³-hybridized carbons (Fsp3) is 0.0714. The first-order valence-corrected chi connectivity index (χ1v) is 8.20. The molecule has 0 atom stereocenters. The molecule has 0 fully saturated rings. The summed E-state index contributed by atoms with van der Waals surface area (Å²) in [5.74, 6) is -0.210. The maximum atomic E-state index is 12.9. The van der Waals surface area contributed by atoms with Crippen molar-refractivity contribution in [1.82, 2.24) is 0 Å². The number of alkyl halides is 1. The number of nitrogens with two attached hydrogens (primary N) is 1. The fourth-order valence-corrected chi connectivity index (χ4v) is 2.77. The third-order valence-corrected chi connectivity index (χ3v) is 4.30. The number of rotatable bonds is 5. The number of benzene rings is 2. The number of anilines is 1. The van der Waals surface area contributed by atoms with E-state index in [1.54, 1.807) is 18.2 Å². The van der Waals surface area contributed by atoms with Gasteiger partial charge < -0.3 is 5.73 Å². The van der Waals surface area contributed by atoms with E-state index in [2.05, 4.69) is 9.71 Å². The Morgan fingerprint density at radius 1 is 1.23 bits per heavy atom. The molecular weight excluding hydrogens is 329 g/mol. The van der Waals surface area contributed by atoms with E-state index >= 15 is 0 Å². The molecule has 0 radical (unpaired) electrons. The molecule has 0 unspecified atom stereocenters. The van der Waals surface area contributed by atoms with Crippen LogP contribution in [-0.2, 0) is 10.0 Å². The predicted molar refractivity (Wildman–Crippen MR) is 85.7 cm³/mol. The van der Waals surface area contributed by atoms with Crippen molar-refractivity contribution in [3.05, 3.63) is 54.3 Å². The molecule has 0 bridgehead atoms. The fourth-order valence-electron chi connectivity index (χ4n) is 1.66. The van der Waals surface area contributed by atoms with Crippen LogP contribution in [0.5, 0.6) is 0 Å². The van der Waals surface area contributed by atoms with E-state index in [1.165, 1.54) is 18.2 Å². The quantitative estimate of drug-likeness (QED) is 0.498. The van der Waals surface area contributed by atoms with E-state index < -0.39 is 15.8 Å². The molecule has 2 aromatic rings. The van der Waals surface area contributed by atoms with Gasteiger partial charge in [-0.2, -0.15) is 0 Å². The first kappa shape index (κ1) is 16.3. The smallest absolute Gasteiger partial charge is 0.261 e. The summed E-state index contributed by atoms with van der Waals surface area (Å²) in [6.07, 6.45) is 0. The standard InChI is InChI=1S/C14H13ClFN3O2S/c15-9-14(17)18-11-2-1-3-12(8-11)19-22(20,21)13-6-4-10(16)5-7-13/h1-8,19H,9H2,(H2,17,18). The van der Waals surface area contributed by atoms with Gasteiger partial charge in [0.2, 0.25) is 0 Å². The molecule has 0 aliphatic heterocycles. The maximum Gasteiger partial charge on any atom is 0.261 e. The molecule has 2 rings (SSSR count). The van der Waals surface area contributed by atoms with Crippen molar-refractivity contribution in [1.29, 1.82) is 0 Å². The Labute approximate surface area is 132 Å². The van der Waals surface area contributed by atoms with Crippen molar-refractivity contribution in [2.75, 3.05) is 10.6 Å². The van der Waals surface area contributed by atoms with E-state index in [-0.39, 0.29) is 16.6 Å². The molecule has 2 aromatic carbocycles. The van der Waals surface area contributed by atoms with Gasteiger partial charge in [-0.1, -0.05) is 6.07 Å². The van der Waals surface area contributed by atoms with Crippen molar-refractivity contribution in [3.63, 3.8) is 0 Å². The van der Waals surface area contributed by atoms with Crippen LogP contribution >= 0.6 is 11.6 Å². The normalized spacial score (nSPS) is 12.2. The van der Waals surface area contributed by atoms with Gasteiger partial charge in [0.1, 0.15) is 11.7 Å². The lowest BCUT2D eigenvalue weighted by molar-refractivity contribution is 0.599. The van der Waals surface area contributed by atoms with E-state index in [9.17, 15) is 12.8 Å². The van der Waals surface area contributed by atoms with Crippen LogP contribution in [0.4, 0.5) is 15.8 Å². The number of amidine groups is 1. The molecule has 116 valence electrons. The molecular formula is C14H13ClFN3O2S. The van der Waals surface area contributed by atoms with Gasteiger partial charge in [0.25, 0.3) is 10.0 Å². The van der Waals surface area contributed by atoms with Gasteiger partial charge in [-0.15, -0.1) is 11.6 Å². The van der Waals surface area contributed by atoms with Crippen LogP contribution in [0, 0.1) is 5.82 Å². The number of aliphatic imine (C=N–C) groups is 1. The SMILES string of the molecule is NC(CCl)=Nc1cccc(NS(=O)(=O)c2ccc(F)cc2)c1. The van der Waals surface area contributed by atoms with Gasteiger partial charge in [-0.25, -0.2) is 17.8 Å². The minimum absolute atomic E-state index is 0.0388. The van der Waals surface area contributed by atoms with Crippen LogP contribution in [0.25, 0.3) is 0 Å². The average molecular weight is 342 g/mol. The number of sulfonamides is 1. The van der Waals surface area contributed by atoms with Crippen LogP contribution in [0.2, 0.25) is 0 Å². The minimum Gasteiger partial charge on any atom is -0.386 e. The molecule has 0 aromatic heterocycles. The van der Waals surface area contributed by atoms with Gasteiger partial charge >= 0.3 is 0 Å². The molecule has 5 nitrogen and oxygen atoms in total. The highest BCUT2D eigenvalue weighted by atomic mass is 35.5. The first-order chi connectivity index (χ1) is 10.4. The molecule has 3 N–H and O–H groups in total. The number of halogens is 2. The Hall–Kier alpha value is -2.12. The van der Waals surface area contributed by atoms with E-state index in [4.69, 9.17) is 17.3 Å². The summed E-state index contributed by atoms with van der Waals surface area (Å²) in [4.78, 5) is 3.99. The van der Waals surface area contributed by atoms with Crippen molar-refractivity contribution in [3.8, 4) is 0 Å². The molecule has 0 saturated carbocycles. The van der Waals surface area contributed by atoms with Crippen LogP contribution in [0.3, 0.4) is 0 Å². The molecule has 22 heavy (non-hydrogen) atoms. The number of nitrogens with zero attached hydrogens (tertiary/aromatic N) is 1. The van der Waals surface area contributed by atoms with Gasteiger partial charge in [0, 0.05) is 0 Å². The minimum atomic E-state index is -3.80. The second kappa shape index (κ2) is 6.76. The molecule has 0 saturated heterocycles. The molecule has 0 spiro atoms. The number of hydrogen-bond donors (Lipinski definition) is 2. The van der Waals surface area contributed by atoms with Gasteiger partial charge in [-0.3, -0.25) is 4.72 Å². The second-order valence-corrected chi connectivity index (χ2v) is 6.30. The molecule has 0 aliphatic rings. The van der Waals surface area contributed by atoms with Crippen molar-refractivity contribution >= 4 is 38.8 Å². The highest BCUT2D eigenvalue weighted by Gasteiger charge is 2.14. The Kier molecular flexibility index (Phi) is 4.99. The lowest BCUT2D eigenvalue weighted by Gasteiger charge is -2.08. The van der Waals surface area contributed by atoms with Gasteiger partial charge in [0.15, 0.2) is 0 Å². The highest BCUT2D eigenvalue weighted by molar-refractivity contribution is 7.92. The average Bonchev–Trinajstić information content (AvgIpc) is 2.47. The molecule has 0 aliphatic carbocycles. The summed E-state index contributed by atoms with van der Waals surface area (Å²) in [5.41, 5.74) is 6.31. The topological polar surface area (TPSA) is 84.5 Å². The largest absolute Gasteiger partial charge is 0.386 e. The lowest BCUT2D eigenvalue weighted by atomic mass is 10.3. The molecule has 0 heterocycles. The van der Waals surface area contributed by atoms with Crippen LogP contribution in [-0.4, -0.2) is 20.1 Å². The Morgan fingerprint density at radius 3 is 2.55 bits per heavy atom. The van der Waals surface area contributed by atoms with E-state index in [0.717, 1.165) is 12.1 Å². The monoisotopic (exact) mass is 341 g/mol. The van der Waals surface area contributed by atoms with Crippen molar-refractivity contribution in [2.24, 2.45) is 10.7 Å². The third-order valence-electron chi connectivity index (χ3n) is 2.63. The summed E-state index contributed by atoms with van der Waals surface area (Å²) in [6.45, 7) is 0. The van der Waals surface area contributed by atoms with Crippen LogP contribution in [0.15, 0.2) is 58.4 Å². The Balaban J connectivity index is 2.26. The molecule has 8 heteroatoms. The van der Waals surface area contributed by atoms with Crippen LogP contribution in [0.1, 0.15) is 0 Å². The third kappa shape index (κ3) is 4.19. The summed E-state index contributed by atoms with van der Waals surface area (Å²) in [5, 5.41) is 0. The summed E-state index contributed by atoms with van der Waals surface area (Å²) in [6, 6.07) is 10.9. The first-order valence-electron chi connectivity index (χ1n) is 6.18. The van der Waals surface area contributed by atoms with Gasteiger partial charge in [-0.05, 0) is 42.5 Å².